The van der Waals surface area contributed by atoms with E-state index in [1.54, 1.807) is 31.2 Å². The Labute approximate surface area is 124 Å². The highest BCUT2D eigenvalue weighted by molar-refractivity contribution is 7.12. The number of amides is 1. The number of nitrogens with one attached hydrogen (secondary N) is 1. The Bertz CT molecular complexity index is 624. The maximum absolute atomic E-state index is 11.7. The van der Waals surface area contributed by atoms with E-state index in [0.29, 0.717) is 20.6 Å². The van der Waals surface area contributed by atoms with E-state index in [1.807, 2.05) is 11.4 Å². The predicted molar refractivity (Wildman–Crippen MR) is 80.5 cm³/mol. The van der Waals surface area contributed by atoms with E-state index in [0.717, 1.165) is 5.56 Å². The molecule has 1 heterocycles. The third-order valence-electron chi connectivity index (χ3n) is 2.39. The highest BCUT2D eigenvalue weighted by Crippen LogP contribution is 2.21. The minimum Gasteiger partial charge on any atom is -0.266 e. The van der Waals surface area contributed by atoms with Gasteiger partial charge in [-0.15, -0.1) is 11.3 Å². The second-order valence-corrected chi connectivity index (χ2v) is 5.53. The molecule has 0 aliphatic carbocycles. The molecule has 0 bridgehead atoms. The standard InChI is InChI=1S/C13H10Cl2N2OS/c1-8(10-5-4-9(14)7-11(10)15)16-17-13(18)12-3-2-6-19-12/h2-7H,1H3,(H,17,18)/b16-8-. The molecule has 1 N–H and O–H groups in total. The zero-order valence-corrected chi connectivity index (χ0v) is 12.3. The fourth-order valence-electron chi connectivity index (χ4n) is 1.44. The lowest BCUT2D eigenvalue weighted by Crippen LogP contribution is -2.18. The van der Waals surface area contributed by atoms with Crippen molar-refractivity contribution in [2.24, 2.45) is 5.10 Å². The van der Waals surface area contributed by atoms with Crippen molar-refractivity contribution in [2.45, 2.75) is 6.92 Å². The summed E-state index contributed by atoms with van der Waals surface area (Å²) in [5.41, 5.74) is 3.84. The lowest BCUT2D eigenvalue weighted by Gasteiger charge is -2.04. The molecule has 0 aliphatic rings. The van der Waals surface area contributed by atoms with Crippen LogP contribution in [0.4, 0.5) is 0 Å². The first kappa shape index (κ1) is 14.1. The van der Waals surface area contributed by atoms with Gasteiger partial charge in [-0.3, -0.25) is 4.79 Å². The lowest BCUT2D eigenvalue weighted by molar-refractivity contribution is 0.0959. The highest BCUT2D eigenvalue weighted by atomic mass is 35.5. The molecule has 6 heteroatoms. The molecule has 0 unspecified atom stereocenters. The van der Waals surface area contributed by atoms with Gasteiger partial charge in [0.2, 0.25) is 0 Å². The smallest absolute Gasteiger partial charge is 0.266 e. The topological polar surface area (TPSA) is 41.5 Å². The summed E-state index contributed by atoms with van der Waals surface area (Å²) < 4.78 is 0. The van der Waals surface area contributed by atoms with Crippen LogP contribution in [0.5, 0.6) is 0 Å². The SMILES string of the molecule is C/C(=N/NC(=O)c1cccs1)c1ccc(Cl)cc1Cl. The molecular formula is C13H10Cl2N2OS. The normalized spacial score (nSPS) is 11.4. The summed E-state index contributed by atoms with van der Waals surface area (Å²) in [5, 5.41) is 6.93. The highest BCUT2D eigenvalue weighted by Gasteiger charge is 2.07. The number of carbonyl (C=O) groups is 1. The lowest BCUT2D eigenvalue weighted by atomic mass is 10.1. The number of benzene rings is 1. The molecule has 98 valence electrons. The molecule has 2 aromatic rings. The zero-order chi connectivity index (χ0) is 13.8. The van der Waals surface area contributed by atoms with Crippen LogP contribution in [0, 0.1) is 0 Å². The molecular weight excluding hydrogens is 303 g/mol. The van der Waals surface area contributed by atoms with Crippen molar-refractivity contribution >= 4 is 46.2 Å². The van der Waals surface area contributed by atoms with E-state index in [9.17, 15) is 4.79 Å². The number of rotatable bonds is 3. The maximum atomic E-state index is 11.7. The summed E-state index contributed by atoms with van der Waals surface area (Å²) in [6, 6.07) is 8.68. The van der Waals surface area contributed by atoms with Crippen molar-refractivity contribution in [3.8, 4) is 0 Å². The van der Waals surface area contributed by atoms with Gasteiger partial charge in [0.05, 0.1) is 15.6 Å². The minimum absolute atomic E-state index is 0.237. The van der Waals surface area contributed by atoms with E-state index in [1.165, 1.54) is 11.3 Å². The first-order chi connectivity index (χ1) is 9.08. The second kappa shape index (κ2) is 6.19. The van der Waals surface area contributed by atoms with Crippen LogP contribution in [-0.4, -0.2) is 11.6 Å². The third-order valence-corrected chi connectivity index (χ3v) is 3.81. The Kier molecular flexibility index (Phi) is 4.58. The van der Waals surface area contributed by atoms with Crippen molar-refractivity contribution in [1.29, 1.82) is 0 Å². The van der Waals surface area contributed by atoms with Crippen molar-refractivity contribution in [3.05, 3.63) is 56.2 Å². The zero-order valence-electron chi connectivity index (χ0n) is 9.98. The number of nitrogens with zero attached hydrogens (tertiary/aromatic N) is 1. The van der Waals surface area contributed by atoms with Crippen molar-refractivity contribution in [1.82, 2.24) is 5.43 Å². The number of thiophene rings is 1. The molecule has 2 rings (SSSR count). The van der Waals surface area contributed by atoms with E-state index in [2.05, 4.69) is 10.5 Å². The van der Waals surface area contributed by atoms with Crippen LogP contribution < -0.4 is 5.43 Å². The Hall–Kier alpha value is -1.36. The summed E-state index contributed by atoms with van der Waals surface area (Å²) in [6.07, 6.45) is 0. The molecule has 0 fully saturated rings. The number of carbonyl (C=O) groups excluding carboxylic acids is 1. The molecule has 1 aromatic heterocycles. The quantitative estimate of drug-likeness (QED) is 0.669. The summed E-state index contributed by atoms with van der Waals surface area (Å²) in [4.78, 5) is 12.3. The van der Waals surface area contributed by atoms with E-state index in [-0.39, 0.29) is 5.91 Å². The molecule has 0 atom stereocenters. The first-order valence-electron chi connectivity index (χ1n) is 5.41. The minimum atomic E-state index is -0.237. The second-order valence-electron chi connectivity index (χ2n) is 3.74. The Balaban J connectivity index is 2.13. The fraction of sp³-hybridized carbons (Fsp3) is 0.0769. The number of hydrogen-bond acceptors (Lipinski definition) is 3. The fourth-order valence-corrected chi connectivity index (χ4v) is 2.60. The van der Waals surface area contributed by atoms with Gasteiger partial charge in [-0.2, -0.15) is 5.10 Å². The molecule has 0 saturated carbocycles. The summed E-state index contributed by atoms with van der Waals surface area (Å²) >= 11 is 13.2. The van der Waals surface area contributed by atoms with Gasteiger partial charge in [-0.1, -0.05) is 35.3 Å². The average Bonchev–Trinajstić information content (AvgIpc) is 2.89. The Morgan fingerprint density at radius 2 is 2.11 bits per heavy atom. The average molecular weight is 313 g/mol. The van der Waals surface area contributed by atoms with Crippen LogP contribution in [0.2, 0.25) is 10.0 Å². The molecule has 1 amide bonds. The molecule has 0 saturated heterocycles. The van der Waals surface area contributed by atoms with Crippen LogP contribution in [0.3, 0.4) is 0 Å². The van der Waals surface area contributed by atoms with Gasteiger partial charge in [0.15, 0.2) is 0 Å². The summed E-state index contributed by atoms with van der Waals surface area (Å²) in [7, 11) is 0. The predicted octanol–water partition coefficient (Wildman–Crippen LogP) is 4.21. The van der Waals surface area contributed by atoms with Crippen LogP contribution in [0.25, 0.3) is 0 Å². The van der Waals surface area contributed by atoms with Crippen LogP contribution in [0.15, 0.2) is 40.8 Å². The molecule has 3 nitrogen and oxygen atoms in total. The first-order valence-corrected chi connectivity index (χ1v) is 7.05. The van der Waals surface area contributed by atoms with Gasteiger partial charge in [0, 0.05) is 10.6 Å². The van der Waals surface area contributed by atoms with Gasteiger partial charge in [0.1, 0.15) is 0 Å². The van der Waals surface area contributed by atoms with Crippen LogP contribution in [-0.2, 0) is 0 Å². The maximum Gasteiger partial charge on any atom is 0.281 e. The summed E-state index contributed by atoms with van der Waals surface area (Å²) in [5.74, 6) is -0.237. The third kappa shape index (κ3) is 3.56. The van der Waals surface area contributed by atoms with Gasteiger partial charge in [0.25, 0.3) is 5.91 Å². The summed E-state index contributed by atoms with van der Waals surface area (Å²) in [6.45, 7) is 1.77. The van der Waals surface area contributed by atoms with Gasteiger partial charge in [-0.25, -0.2) is 5.43 Å². The Morgan fingerprint density at radius 1 is 1.32 bits per heavy atom. The largest absolute Gasteiger partial charge is 0.281 e. The number of halogens is 2. The molecule has 0 radical (unpaired) electrons. The van der Waals surface area contributed by atoms with E-state index >= 15 is 0 Å². The number of hydrogen-bond donors (Lipinski definition) is 1. The van der Waals surface area contributed by atoms with Gasteiger partial charge < -0.3 is 0 Å². The molecule has 1 aromatic carbocycles. The van der Waals surface area contributed by atoms with Crippen molar-refractivity contribution in [3.63, 3.8) is 0 Å². The molecule has 19 heavy (non-hydrogen) atoms. The number of hydrazone groups is 1. The van der Waals surface area contributed by atoms with E-state index < -0.39 is 0 Å². The molecule has 0 spiro atoms. The Morgan fingerprint density at radius 3 is 2.74 bits per heavy atom. The monoisotopic (exact) mass is 312 g/mol. The van der Waals surface area contributed by atoms with Crippen molar-refractivity contribution in [2.75, 3.05) is 0 Å². The molecule has 0 aliphatic heterocycles. The van der Waals surface area contributed by atoms with Crippen molar-refractivity contribution < 1.29 is 4.79 Å². The van der Waals surface area contributed by atoms with Gasteiger partial charge >= 0.3 is 0 Å². The van der Waals surface area contributed by atoms with E-state index in [4.69, 9.17) is 23.2 Å². The van der Waals surface area contributed by atoms with Crippen LogP contribution in [0.1, 0.15) is 22.2 Å². The van der Waals surface area contributed by atoms with Gasteiger partial charge in [-0.05, 0) is 30.5 Å². The van der Waals surface area contributed by atoms with Crippen LogP contribution >= 0.6 is 34.5 Å².